The van der Waals surface area contributed by atoms with Crippen LogP contribution >= 0.6 is 11.6 Å². The van der Waals surface area contributed by atoms with E-state index in [9.17, 15) is 9.59 Å². The Balaban J connectivity index is 2.63. The van der Waals surface area contributed by atoms with E-state index >= 15 is 0 Å². The van der Waals surface area contributed by atoms with E-state index < -0.39 is 17.7 Å². The smallest absolute Gasteiger partial charge is 0.419 e. The number of fused-ring (bicyclic) bond motifs is 1. The van der Waals surface area contributed by atoms with E-state index in [1.54, 1.807) is 45.0 Å². The van der Waals surface area contributed by atoms with Crippen LogP contribution in [0, 0.1) is 0 Å². The second kappa shape index (κ2) is 5.41. The standard InChI is InChI=1S/C15H16ClNO4/c1-15(2,3)21-14(19)17-11-6-5-10(16)7-9(11)8-12(17)13(18)20-4/h5-8H,1-4H3. The van der Waals surface area contributed by atoms with Gasteiger partial charge in [-0.2, -0.15) is 0 Å². The van der Waals surface area contributed by atoms with Crippen molar-refractivity contribution in [1.82, 2.24) is 4.57 Å². The molecule has 0 aliphatic carbocycles. The molecule has 0 N–H and O–H groups in total. The molecule has 0 saturated carbocycles. The van der Waals surface area contributed by atoms with Crippen molar-refractivity contribution in [1.29, 1.82) is 0 Å². The summed E-state index contributed by atoms with van der Waals surface area (Å²) < 4.78 is 11.3. The lowest BCUT2D eigenvalue weighted by atomic mass is 10.2. The minimum atomic E-state index is -0.673. The first-order valence-corrected chi connectivity index (χ1v) is 6.73. The summed E-state index contributed by atoms with van der Waals surface area (Å²) in [7, 11) is 1.26. The van der Waals surface area contributed by atoms with Crippen LogP contribution in [0.5, 0.6) is 0 Å². The second-order valence-electron chi connectivity index (χ2n) is 5.54. The van der Waals surface area contributed by atoms with Gasteiger partial charge in [-0.1, -0.05) is 11.6 Å². The SMILES string of the molecule is COC(=O)c1cc2cc(Cl)ccc2n1C(=O)OC(C)(C)C. The number of aromatic nitrogens is 1. The number of carbonyl (C=O) groups is 2. The summed E-state index contributed by atoms with van der Waals surface area (Å²) in [6.45, 7) is 5.27. The summed E-state index contributed by atoms with van der Waals surface area (Å²) in [5, 5.41) is 1.18. The van der Waals surface area contributed by atoms with Crippen LogP contribution in [0.1, 0.15) is 31.3 Å². The van der Waals surface area contributed by atoms with E-state index in [0.717, 1.165) is 0 Å². The molecule has 0 spiro atoms. The molecule has 0 aliphatic heterocycles. The topological polar surface area (TPSA) is 57.5 Å². The number of ether oxygens (including phenoxy) is 2. The Hall–Kier alpha value is -2.01. The van der Waals surface area contributed by atoms with Gasteiger partial charge < -0.3 is 9.47 Å². The number of hydrogen-bond acceptors (Lipinski definition) is 4. The van der Waals surface area contributed by atoms with Gasteiger partial charge in [0.25, 0.3) is 0 Å². The van der Waals surface area contributed by atoms with Gasteiger partial charge in [0.2, 0.25) is 0 Å². The highest BCUT2D eigenvalue weighted by Gasteiger charge is 2.25. The van der Waals surface area contributed by atoms with E-state index in [2.05, 4.69) is 0 Å². The fourth-order valence-corrected chi connectivity index (χ4v) is 2.13. The molecule has 0 atom stereocenters. The van der Waals surface area contributed by atoms with Crippen molar-refractivity contribution in [2.45, 2.75) is 26.4 Å². The minimum Gasteiger partial charge on any atom is -0.464 e. The minimum absolute atomic E-state index is 0.101. The summed E-state index contributed by atoms with van der Waals surface area (Å²) in [4.78, 5) is 24.2. The number of benzene rings is 1. The Morgan fingerprint density at radius 1 is 1.19 bits per heavy atom. The molecular weight excluding hydrogens is 294 g/mol. The first kappa shape index (κ1) is 15.4. The third-order valence-corrected chi connectivity index (χ3v) is 2.97. The molecule has 1 aromatic carbocycles. The van der Waals surface area contributed by atoms with Crippen LogP contribution in [0.4, 0.5) is 4.79 Å². The van der Waals surface area contributed by atoms with E-state index in [1.165, 1.54) is 11.7 Å². The Morgan fingerprint density at radius 2 is 1.86 bits per heavy atom. The van der Waals surface area contributed by atoms with Crippen molar-refractivity contribution >= 4 is 34.6 Å². The zero-order valence-electron chi connectivity index (χ0n) is 12.3. The van der Waals surface area contributed by atoms with Crippen molar-refractivity contribution in [2.24, 2.45) is 0 Å². The van der Waals surface area contributed by atoms with Crippen LogP contribution < -0.4 is 0 Å². The predicted octanol–water partition coefficient (Wildman–Crippen LogP) is 3.86. The van der Waals surface area contributed by atoms with E-state index in [4.69, 9.17) is 21.1 Å². The van der Waals surface area contributed by atoms with Crippen LogP contribution in [-0.4, -0.2) is 29.3 Å². The monoisotopic (exact) mass is 309 g/mol. The van der Waals surface area contributed by atoms with Gasteiger partial charge in [-0.25, -0.2) is 14.2 Å². The van der Waals surface area contributed by atoms with Crippen molar-refractivity contribution in [3.8, 4) is 0 Å². The average Bonchev–Trinajstić information content (AvgIpc) is 2.74. The highest BCUT2D eigenvalue weighted by molar-refractivity contribution is 6.31. The Bertz CT molecular complexity index is 712. The lowest BCUT2D eigenvalue weighted by Gasteiger charge is -2.20. The molecule has 21 heavy (non-hydrogen) atoms. The maximum absolute atomic E-state index is 12.4. The van der Waals surface area contributed by atoms with Gasteiger partial charge in [-0.05, 0) is 45.0 Å². The van der Waals surface area contributed by atoms with E-state index in [-0.39, 0.29) is 5.69 Å². The van der Waals surface area contributed by atoms with Gasteiger partial charge in [0.15, 0.2) is 0 Å². The number of hydrogen-bond donors (Lipinski definition) is 0. The normalized spacial score (nSPS) is 11.5. The molecule has 2 rings (SSSR count). The first-order chi connectivity index (χ1) is 9.73. The van der Waals surface area contributed by atoms with Gasteiger partial charge in [-0.15, -0.1) is 0 Å². The van der Waals surface area contributed by atoms with Crippen molar-refractivity contribution < 1.29 is 19.1 Å². The molecule has 6 heteroatoms. The number of esters is 1. The molecular formula is C15H16ClNO4. The van der Waals surface area contributed by atoms with Crippen molar-refractivity contribution in [2.75, 3.05) is 7.11 Å². The summed E-state index contributed by atoms with van der Waals surface area (Å²) in [6, 6.07) is 6.53. The highest BCUT2D eigenvalue weighted by atomic mass is 35.5. The lowest BCUT2D eigenvalue weighted by molar-refractivity contribution is 0.0490. The van der Waals surface area contributed by atoms with Gasteiger partial charge in [0.05, 0.1) is 12.6 Å². The lowest BCUT2D eigenvalue weighted by Crippen LogP contribution is -2.29. The predicted molar refractivity (Wildman–Crippen MR) is 79.9 cm³/mol. The summed E-state index contributed by atoms with van der Waals surface area (Å²) >= 11 is 5.94. The van der Waals surface area contributed by atoms with Crippen molar-refractivity contribution in [3.05, 3.63) is 35.0 Å². The second-order valence-corrected chi connectivity index (χ2v) is 5.98. The summed E-state index contributed by atoms with van der Waals surface area (Å²) in [5.74, 6) is -0.617. The van der Waals surface area contributed by atoms with Crippen molar-refractivity contribution in [3.63, 3.8) is 0 Å². The molecule has 0 unspecified atom stereocenters. The Morgan fingerprint density at radius 3 is 2.43 bits per heavy atom. The summed E-state index contributed by atoms with van der Waals surface area (Å²) in [6.07, 6.45) is -0.639. The fourth-order valence-electron chi connectivity index (χ4n) is 1.95. The maximum Gasteiger partial charge on any atom is 0.419 e. The molecule has 0 aliphatic rings. The fraction of sp³-hybridized carbons (Fsp3) is 0.333. The number of carbonyl (C=O) groups excluding carboxylic acids is 2. The third-order valence-electron chi connectivity index (χ3n) is 2.73. The molecule has 0 saturated heterocycles. The first-order valence-electron chi connectivity index (χ1n) is 6.35. The van der Waals surface area contributed by atoms with Crippen LogP contribution in [-0.2, 0) is 9.47 Å². The third kappa shape index (κ3) is 3.19. The molecule has 5 nitrogen and oxygen atoms in total. The quantitative estimate of drug-likeness (QED) is 0.750. The average molecular weight is 310 g/mol. The number of rotatable bonds is 1. The Kier molecular flexibility index (Phi) is 3.96. The van der Waals surface area contributed by atoms with E-state index in [1.807, 2.05) is 0 Å². The molecule has 2 aromatic rings. The molecule has 0 fully saturated rings. The largest absolute Gasteiger partial charge is 0.464 e. The molecule has 0 amide bonds. The maximum atomic E-state index is 12.4. The van der Waals surface area contributed by atoms with Crippen LogP contribution in [0.2, 0.25) is 5.02 Å². The summed E-state index contributed by atoms with van der Waals surface area (Å²) in [5.41, 5.74) is -0.0360. The van der Waals surface area contributed by atoms with Crippen LogP contribution in [0.15, 0.2) is 24.3 Å². The van der Waals surface area contributed by atoms with Gasteiger partial charge in [-0.3, -0.25) is 0 Å². The van der Waals surface area contributed by atoms with Gasteiger partial charge >= 0.3 is 12.1 Å². The Labute approximate surface area is 127 Å². The highest BCUT2D eigenvalue weighted by Crippen LogP contribution is 2.25. The number of halogens is 1. The van der Waals surface area contributed by atoms with Crippen LogP contribution in [0.25, 0.3) is 10.9 Å². The van der Waals surface area contributed by atoms with Gasteiger partial charge in [0.1, 0.15) is 11.3 Å². The zero-order valence-corrected chi connectivity index (χ0v) is 13.0. The van der Waals surface area contributed by atoms with Gasteiger partial charge in [0, 0.05) is 10.4 Å². The number of methoxy groups -OCH3 is 1. The van der Waals surface area contributed by atoms with Crippen LogP contribution in [0.3, 0.4) is 0 Å². The molecule has 0 bridgehead atoms. The molecule has 1 heterocycles. The molecule has 1 aromatic heterocycles. The number of nitrogens with zero attached hydrogens (tertiary/aromatic N) is 1. The van der Waals surface area contributed by atoms with E-state index in [0.29, 0.717) is 15.9 Å². The molecule has 0 radical (unpaired) electrons. The molecule has 112 valence electrons. The zero-order chi connectivity index (χ0) is 15.8.